The zero-order valence-corrected chi connectivity index (χ0v) is 19.5. The molecule has 14 nitrogen and oxygen atoms in total. The third-order valence-electron chi connectivity index (χ3n) is 5.88. The molecule has 0 aromatic heterocycles. The molecule has 2 aliphatic heterocycles. The monoisotopic (exact) mass is 495 g/mol. The first-order valence-electron chi connectivity index (χ1n) is 11.1. The van der Waals surface area contributed by atoms with E-state index in [-0.39, 0.29) is 25.7 Å². The summed E-state index contributed by atoms with van der Waals surface area (Å²) in [6.07, 6.45) is -7.89. The van der Waals surface area contributed by atoms with E-state index < -0.39 is 80.2 Å². The standard InChI is InChI=1S/C20H37N3O11/c1-9-11(6-24)32-20(34-18-12(7-25)33-19(30-3)14(21)17(18)29)15(16(9)28)23-13(27)8-31-5-4-22-10(2)26/h9,11-12,14-20,24-25,28-29H,4-8,21H2,1-3H3,(H,22,26)(H,23,27). The summed E-state index contributed by atoms with van der Waals surface area (Å²) in [5.74, 6) is -1.39. The Labute approximate surface area is 197 Å². The summed E-state index contributed by atoms with van der Waals surface area (Å²) in [5.41, 5.74) is 5.96. The van der Waals surface area contributed by atoms with Crippen LogP contribution in [0.5, 0.6) is 0 Å². The van der Waals surface area contributed by atoms with Crippen LogP contribution in [0.4, 0.5) is 0 Å². The summed E-state index contributed by atoms with van der Waals surface area (Å²) >= 11 is 0. The van der Waals surface area contributed by atoms with Gasteiger partial charge in [-0.2, -0.15) is 0 Å². The van der Waals surface area contributed by atoms with E-state index in [1.165, 1.54) is 14.0 Å². The molecule has 10 atom stereocenters. The van der Waals surface area contributed by atoms with Crippen LogP contribution in [0.1, 0.15) is 13.8 Å². The van der Waals surface area contributed by atoms with E-state index in [2.05, 4.69) is 10.6 Å². The predicted octanol–water partition coefficient (Wildman–Crippen LogP) is -4.22. The lowest BCUT2D eigenvalue weighted by molar-refractivity contribution is -0.323. The summed E-state index contributed by atoms with van der Waals surface area (Å²) in [6, 6.07) is -2.11. The normalized spacial score (nSPS) is 38.4. The van der Waals surface area contributed by atoms with Crippen LogP contribution in [0.3, 0.4) is 0 Å². The molecule has 14 heteroatoms. The highest BCUT2D eigenvalue weighted by molar-refractivity contribution is 5.77. The average Bonchev–Trinajstić information content (AvgIpc) is 2.81. The number of carbonyl (C=O) groups is 2. The average molecular weight is 496 g/mol. The molecule has 2 aliphatic rings. The minimum absolute atomic E-state index is 0.0992. The number of ether oxygens (including phenoxy) is 5. The fraction of sp³-hybridized carbons (Fsp3) is 0.900. The van der Waals surface area contributed by atoms with Gasteiger partial charge in [-0.3, -0.25) is 9.59 Å². The number of nitrogens with one attached hydrogen (secondary N) is 2. The fourth-order valence-corrected chi connectivity index (χ4v) is 3.88. The van der Waals surface area contributed by atoms with Gasteiger partial charge in [-0.25, -0.2) is 0 Å². The first-order valence-corrected chi connectivity index (χ1v) is 11.1. The van der Waals surface area contributed by atoms with Crippen molar-refractivity contribution in [3.05, 3.63) is 0 Å². The molecule has 2 heterocycles. The molecule has 2 amide bonds. The van der Waals surface area contributed by atoms with Crippen molar-refractivity contribution in [1.29, 1.82) is 0 Å². The van der Waals surface area contributed by atoms with Crippen LogP contribution in [0.25, 0.3) is 0 Å². The van der Waals surface area contributed by atoms with Crippen LogP contribution in [0.2, 0.25) is 0 Å². The number of aliphatic hydroxyl groups is 4. The molecule has 0 spiro atoms. The van der Waals surface area contributed by atoms with E-state index in [0.717, 1.165) is 0 Å². The first kappa shape index (κ1) is 28.8. The second-order valence-corrected chi connectivity index (χ2v) is 8.33. The SMILES string of the molecule is COC1OC(CO)C(OC2OC(CO)C(C)C(O)C2NC(=O)COCCNC(C)=O)C(O)C1N. The number of hydrogen-bond donors (Lipinski definition) is 7. The predicted molar refractivity (Wildman–Crippen MR) is 114 cm³/mol. The Kier molecular flexibility index (Phi) is 11.5. The Balaban J connectivity index is 2.09. The van der Waals surface area contributed by atoms with E-state index in [0.29, 0.717) is 0 Å². The second kappa shape index (κ2) is 13.6. The highest BCUT2D eigenvalue weighted by atomic mass is 16.7. The van der Waals surface area contributed by atoms with Gasteiger partial charge in [0.05, 0.1) is 38.1 Å². The van der Waals surface area contributed by atoms with Gasteiger partial charge in [0, 0.05) is 26.5 Å². The van der Waals surface area contributed by atoms with Gasteiger partial charge >= 0.3 is 0 Å². The Morgan fingerprint density at radius 2 is 1.71 bits per heavy atom. The molecule has 0 radical (unpaired) electrons. The van der Waals surface area contributed by atoms with E-state index in [1.54, 1.807) is 6.92 Å². The number of aliphatic hydroxyl groups excluding tert-OH is 4. The van der Waals surface area contributed by atoms with Crippen LogP contribution in [-0.4, -0.2) is 128 Å². The van der Waals surface area contributed by atoms with Gasteiger partial charge in [0.2, 0.25) is 11.8 Å². The number of amides is 2. The molecule has 10 unspecified atom stereocenters. The molecule has 0 saturated carbocycles. The third kappa shape index (κ3) is 7.27. The maximum absolute atomic E-state index is 12.4. The van der Waals surface area contributed by atoms with Gasteiger partial charge in [0.15, 0.2) is 12.6 Å². The summed E-state index contributed by atoms with van der Waals surface area (Å²) in [6.45, 7) is 1.99. The third-order valence-corrected chi connectivity index (χ3v) is 5.88. The molecule has 0 aromatic rings. The van der Waals surface area contributed by atoms with Crippen molar-refractivity contribution < 1.29 is 53.7 Å². The molecular weight excluding hydrogens is 458 g/mol. The van der Waals surface area contributed by atoms with E-state index in [9.17, 15) is 30.0 Å². The van der Waals surface area contributed by atoms with Gasteiger partial charge < -0.3 is 60.5 Å². The van der Waals surface area contributed by atoms with Crippen LogP contribution < -0.4 is 16.4 Å². The lowest BCUT2D eigenvalue weighted by atomic mass is 9.89. The highest BCUT2D eigenvalue weighted by Gasteiger charge is 2.50. The van der Waals surface area contributed by atoms with Crippen molar-refractivity contribution >= 4 is 11.8 Å². The largest absolute Gasteiger partial charge is 0.394 e. The smallest absolute Gasteiger partial charge is 0.246 e. The fourth-order valence-electron chi connectivity index (χ4n) is 3.88. The van der Waals surface area contributed by atoms with Gasteiger partial charge in [-0.15, -0.1) is 0 Å². The van der Waals surface area contributed by atoms with Crippen LogP contribution in [-0.2, 0) is 33.3 Å². The Morgan fingerprint density at radius 1 is 1.06 bits per heavy atom. The van der Waals surface area contributed by atoms with Gasteiger partial charge in [-0.1, -0.05) is 6.92 Å². The Bertz CT molecular complexity index is 655. The number of methoxy groups -OCH3 is 1. The minimum Gasteiger partial charge on any atom is -0.394 e. The van der Waals surface area contributed by atoms with Crippen molar-refractivity contribution in [1.82, 2.24) is 10.6 Å². The zero-order chi connectivity index (χ0) is 25.4. The molecular formula is C20H37N3O11. The van der Waals surface area contributed by atoms with Crippen molar-refractivity contribution in [2.75, 3.05) is 40.1 Å². The first-order chi connectivity index (χ1) is 16.1. The minimum atomic E-state index is -1.34. The lowest BCUT2D eigenvalue weighted by Gasteiger charge is -2.47. The van der Waals surface area contributed by atoms with Crippen LogP contribution >= 0.6 is 0 Å². The second-order valence-electron chi connectivity index (χ2n) is 8.33. The molecule has 2 saturated heterocycles. The highest BCUT2D eigenvalue weighted by Crippen LogP contribution is 2.30. The number of rotatable bonds is 11. The quantitative estimate of drug-likeness (QED) is 0.136. The van der Waals surface area contributed by atoms with Crippen molar-refractivity contribution in [3.8, 4) is 0 Å². The number of carbonyl (C=O) groups excluding carboxylic acids is 2. The summed E-state index contributed by atoms with van der Waals surface area (Å²) in [7, 11) is 1.34. The maximum atomic E-state index is 12.4. The molecule has 0 aliphatic carbocycles. The van der Waals surface area contributed by atoms with Gasteiger partial charge in [-0.05, 0) is 0 Å². The molecule has 0 bridgehead atoms. The van der Waals surface area contributed by atoms with Gasteiger partial charge in [0.1, 0.15) is 31.0 Å². The molecule has 2 fully saturated rings. The van der Waals surface area contributed by atoms with Crippen LogP contribution in [0, 0.1) is 5.92 Å². The van der Waals surface area contributed by atoms with E-state index >= 15 is 0 Å². The Morgan fingerprint density at radius 3 is 2.29 bits per heavy atom. The molecule has 8 N–H and O–H groups in total. The topological polar surface area (TPSA) is 211 Å². The molecule has 198 valence electrons. The summed E-state index contributed by atoms with van der Waals surface area (Å²) in [5, 5.41) is 46.0. The maximum Gasteiger partial charge on any atom is 0.246 e. The molecule has 2 rings (SSSR count). The zero-order valence-electron chi connectivity index (χ0n) is 19.5. The van der Waals surface area contributed by atoms with Gasteiger partial charge in [0.25, 0.3) is 0 Å². The number of hydrogen-bond acceptors (Lipinski definition) is 12. The van der Waals surface area contributed by atoms with E-state index in [4.69, 9.17) is 29.4 Å². The van der Waals surface area contributed by atoms with Crippen molar-refractivity contribution in [2.45, 2.75) is 69.0 Å². The Hall–Kier alpha value is -1.46. The summed E-state index contributed by atoms with van der Waals surface area (Å²) < 4.78 is 27.5. The molecule has 0 aromatic carbocycles. The van der Waals surface area contributed by atoms with E-state index in [1.807, 2.05) is 0 Å². The van der Waals surface area contributed by atoms with Crippen LogP contribution in [0.15, 0.2) is 0 Å². The van der Waals surface area contributed by atoms with Crippen molar-refractivity contribution in [3.63, 3.8) is 0 Å². The number of nitrogens with two attached hydrogens (primary N) is 1. The summed E-state index contributed by atoms with van der Waals surface area (Å²) in [4.78, 5) is 23.3. The van der Waals surface area contributed by atoms with Crippen molar-refractivity contribution in [2.24, 2.45) is 11.7 Å². The lowest BCUT2D eigenvalue weighted by Crippen LogP contribution is -2.67. The molecule has 34 heavy (non-hydrogen) atoms.